The molecular weight excluding hydrogens is 284 g/mol. The monoisotopic (exact) mass is 298 g/mol. The highest BCUT2D eigenvalue weighted by Crippen LogP contribution is 2.15. The van der Waals surface area contributed by atoms with Crippen molar-refractivity contribution in [2.75, 3.05) is 12.4 Å². The van der Waals surface area contributed by atoms with Crippen LogP contribution < -0.4 is 5.32 Å². The van der Waals surface area contributed by atoms with Gasteiger partial charge in [0.25, 0.3) is 5.89 Å². The number of pyridine rings is 1. The maximum atomic E-state index is 5.01. The first-order valence-electron chi connectivity index (χ1n) is 6.63. The molecule has 0 bridgehead atoms. The Bertz CT molecular complexity index is 731. The molecule has 0 fully saturated rings. The van der Waals surface area contributed by atoms with Gasteiger partial charge in [-0.25, -0.2) is 9.97 Å². The molecule has 8 nitrogen and oxygen atoms in total. The van der Waals surface area contributed by atoms with Gasteiger partial charge in [-0.1, -0.05) is 5.16 Å². The molecule has 0 aromatic carbocycles. The van der Waals surface area contributed by atoms with Crippen molar-refractivity contribution in [2.24, 2.45) is 0 Å². The molecule has 0 amide bonds. The second-order valence-corrected chi connectivity index (χ2v) is 4.40. The van der Waals surface area contributed by atoms with Crippen LogP contribution in [-0.2, 0) is 17.9 Å². The third-order valence-corrected chi connectivity index (χ3v) is 2.80. The highest BCUT2D eigenvalue weighted by atomic mass is 16.5. The lowest BCUT2D eigenvalue weighted by Gasteiger charge is -2.04. The summed E-state index contributed by atoms with van der Waals surface area (Å²) >= 11 is 0. The Kier molecular flexibility index (Phi) is 4.30. The van der Waals surface area contributed by atoms with Crippen molar-refractivity contribution >= 4 is 5.95 Å². The molecule has 0 aliphatic carbocycles. The van der Waals surface area contributed by atoms with E-state index in [-0.39, 0.29) is 0 Å². The first kappa shape index (κ1) is 14.1. The molecule has 0 aliphatic heterocycles. The molecule has 0 saturated carbocycles. The topological polar surface area (TPSA) is 98.8 Å². The minimum absolute atomic E-state index is 0.292. The molecule has 3 aromatic rings. The van der Waals surface area contributed by atoms with Gasteiger partial charge >= 0.3 is 0 Å². The van der Waals surface area contributed by atoms with E-state index < -0.39 is 0 Å². The molecule has 0 atom stereocenters. The summed E-state index contributed by atoms with van der Waals surface area (Å²) < 4.78 is 9.93. The van der Waals surface area contributed by atoms with Crippen LogP contribution >= 0.6 is 0 Å². The van der Waals surface area contributed by atoms with E-state index >= 15 is 0 Å². The minimum Gasteiger partial charge on any atom is -0.375 e. The smallest absolute Gasteiger partial charge is 0.252 e. The molecule has 0 spiro atoms. The summed E-state index contributed by atoms with van der Waals surface area (Å²) in [6.45, 7) is 0.656. The van der Waals surface area contributed by atoms with Crippen LogP contribution in [0.2, 0.25) is 0 Å². The summed E-state index contributed by atoms with van der Waals surface area (Å²) in [4.78, 5) is 16.8. The lowest BCUT2D eigenvalue weighted by Crippen LogP contribution is -2.05. The molecule has 3 aromatic heterocycles. The molecule has 1 N–H and O–H groups in total. The van der Waals surface area contributed by atoms with Crippen LogP contribution in [0.5, 0.6) is 0 Å². The molecule has 3 heterocycles. The molecule has 0 radical (unpaired) electrons. The lowest BCUT2D eigenvalue weighted by molar-refractivity contribution is 0.151. The first-order chi connectivity index (χ1) is 10.8. The average Bonchev–Trinajstić information content (AvgIpc) is 3.02. The zero-order valence-corrected chi connectivity index (χ0v) is 11.9. The van der Waals surface area contributed by atoms with Gasteiger partial charge in [0.1, 0.15) is 6.61 Å². The molecule has 112 valence electrons. The van der Waals surface area contributed by atoms with E-state index in [2.05, 4.69) is 30.4 Å². The molecule has 0 unspecified atom stereocenters. The first-order valence-corrected chi connectivity index (χ1v) is 6.63. The third kappa shape index (κ3) is 3.41. The fourth-order valence-corrected chi connectivity index (χ4v) is 1.82. The van der Waals surface area contributed by atoms with E-state index in [9.17, 15) is 0 Å². The largest absolute Gasteiger partial charge is 0.375 e. The predicted molar refractivity (Wildman–Crippen MR) is 77.6 cm³/mol. The summed E-state index contributed by atoms with van der Waals surface area (Å²) in [6, 6.07) is 5.63. The van der Waals surface area contributed by atoms with Gasteiger partial charge in [0.2, 0.25) is 5.95 Å². The Morgan fingerprint density at radius 3 is 3.00 bits per heavy atom. The number of hydrogen-bond acceptors (Lipinski definition) is 8. The average molecular weight is 298 g/mol. The molecular formula is C14H14N6O2. The molecule has 8 heteroatoms. The fraction of sp³-hybridized carbons (Fsp3) is 0.214. The number of hydrogen-bond donors (Lipinski definition) is 1. The highest BCUT2D eigenvalue weighted by molar-refractivity contribution is 5.58. The number of nitrogens with one attached hydrogen (secondary N) is 1. The van der Waals surface area contributed by atoms with Gasteiger partial charge in [0.15, 0.2) is 5.82 Å². The number of methoxy groups -OCH3 is 1. The van der Waals surface area contributed by atoms with Crippen LogP contribution in [0.3, 0.4) is 0 Å². The summed E-state index contributed by atoms with van der Waals surface area (Å²) in [7, 11) is 1.57. The van der Waals surface area contributed by atoms with E-state index in [0.29, 0.717) is 30.8 Å². The van der Waals surface area contributed by atoms with Crippen LogP contribution in [0.1, 0.15) is 11.7 Å². The van der Waals surface area contributed by atoms with Gasteiger partial charge in [-0.05, 0) is 18.2 Å². The number of ether oxygens (including phenoxy) is 1. The van der Waals surface area contributed by atoms with Gasteiger partial charge < -0.3 is 14.6 Å². The molecule has 0 saturated heterocycles. The van der Waals surface area contributed by atoms with Crippen LogP contribution in [0.4, 0.5) is 5.95 Å². The zero-order chi connectivity index (χ0) is 15.2. The highest BCUT2D eigenvalue weighted by Gasteiger charge is 2.07. The SMILES string of the molecule is COCc1nc(CNc2nccc(-c3cccnc3)n2)no1. The molecule has 3 rings (SSSR count). The second kappa shape index (κ2) is 6.72. The van der Waals surface area contributed by atoms with Crippen molar-refractivity contribution in [3.8, 4) is 11.3 Å². The maximum Gasteiger partial charge on any atom is 0.252 e. The summed E-state index contributed by atoms with van der Waals surface area (Å²) in [6.07, 6.45) is 5.16. The Balaban J connectivity index is 1.67. The quantitative estimate of drug-likeness (QED) is 0.734. The van der Waals surface area contributed by atoms with Crippen LogP contribution in [0.15, 0.2) is 41.3 Å². The van der Waals surface area contributed by atoms with Crippen molar-refractivity contribution in [2.45, 2.75) is 13.2 Å². The van der Waals surface area contributed by atoms with E-state index in [1.54, 1.807) is 25.7 Å². The Hall–Kier alpha value is -2.87. The predicted octanol–water partition coefficient (Wildman–Crippen LogP) is 1.68. The fourth-order valence-electron chi connectivity index (χ4n) is 1.82. The number of nitrogens with zero attached hydrogens (tertiary/aromatic N) is 5. The van der Waals surface area contributed by atoms with Gasteiger partial charge in [0.05, 0.1) is 12.2 Å². The van der Waals surface area contributed by atoms with Crippen LogP contribution in [0, 0.1) is 0 Å². The zero-order valence-electron chi connectivity index (χ0n) is 11.9. The number of rotatable bonds is 6. The Labute approximate surface area is 126 Å². The minimum atomic E-state index is 0.292. The van der Waals surface area contributed by atoms with Crippen molar-refractivity contribution in [1.29, 1.82) is 0 Å². The van der Waals surface area contributed by atoms with Gasteiger partial charge in [-0.2, -0.15) is 4.98 Å². The van der Waals surface area contributed by atoms with Crippen LogP contribution in [0.25, 0.3) is 11.3 Å². The second-order valence-electron chi connectivity index (χ2n) is 4.40. The van der Waals surface area contributed by atoms with Gasteiger partial charge in [-0.3, -0.25) is 4.98 Å². The van der Waals surface area contributed by atoms with E-state index in [1.165, 1.54) is 0 Å². The lowest BCUT2D eigenvalue weighted by atomic mass is 10.2. The van der Waals surface area contributed by atoms with E-state index in [0.717, 1.165) is 11.3 Å². The Morgan fingerprint density at radius 2 is 2.18 bits per heavy atom. The summed E-state index contributed by atoms with van der Waals surface area (Å²) in [5.74, 6) is 1.44. The standard InChI is InChI=1S/C14H14N6O2/c1-21-9-13-19-12(20-22-13)8-17-14-16-6-4-11(18-14)10-3-2-5-15-7-10/h2-7H,8-9H2,1H3,(H,16,17,18). The number of anilines is 1. The van der Waals surface area contributed by atoms with E-state index in [1.807, 2.05) is 18.2 Å². The molecule has 0 aliphatic rings. The summed E-state index contributed by atoms with van der Waals surface area (Å²) in [5.41, 5.74) is 1.72. The van der Waals surface area contributed by atoms with Crippen molar-refractivity contribution in [3.63, 3.8) is 0 Å². The van der Waals surface area contributed by atoms with Crippen molar-refractivity contribution in [1.82, 2.24) is 25.1 Å². The maximum absolute atomic E-state index is 5.01. The van der Waals surface area contributed by atoms with Crippen molar-refractivity contribution in [3.05, 3.63) is 48.5 Å². The third-order valence-electron chi connectivity index (χ3n) is 2.80. The van der Waals surface area contributed by atoms with Gasteiger partial charge in [-0.15, -0.1) is 0 Å². The Morgan fingerprint density at radius 1 is 1.23 bits per heavy atom. The van der Waals surface area contributed by atoms with Crippen LogP contribution in [-0.4, -0.2) is 32.2 Å². The number of aromatic nitrogens is 5. The van der Waals surface area contributed by atoms with Crippen molar-refractivity contribution < 1.29 is 9.26 Å². The molecule has 22 heavy (non-hydrogen) atoms. The van der Waals surface area contributed by atoms with Gasteiger partial charge in [0, 0.05) is 31.3 Å². The summed E-state index contributed by atoms with van der Waals surface area (Å²) in [5, 5.41) is 6.89. The van der Waals surface area contributed by atoms with E-state index in [4.69, 9.17) is 9.26 Å². The normalized spacial score (nSPS) is 10.6.